The summed E-state index contributed by atoms with van der Waals surface area (Å²) >= 11 is 0. The Morgan fingerprint density at radius 3 is 1.67 bits per heavy atom. The Morgan fingerprint density at radius 2 is 1.17 bits per heavy atom. The minimum absolute atomic E-state index is 0.0426. The number of para-hydroxylation sites is 1. The van der Waals surface area contributed by atoms with Crippen molar-refractivity contribution >= 4 is 70.4 Å². The summed E-state index contributed by atoms with van der Waals surface area (Å²) in [6.45, 7) is 1.91. The van der Waals surface area contributed by atoms with E-state index < -0.39 is 108 Å². The zero-order valence-electron chi connectivity index (χ0n) is 37.1. The van der Waals surface area contributed by atoms with Gasteiger partial charge in [-0.05, 0) is 83.0 Å². The summed E-state index contributed by atoms with van der Waals surface area (Å²) in [5.41, 5.74) is 40.3. The highest BCUT2D eigenvalue weighted by Crippen LogP contribution is 2.19. The lowest BCUT2D eigenvalue weighted by molar-refractivity contribution is -0.137. The van der Waals surface area contributed by atoms with E-state index >= 15 is 0 Å². The van der Waals surface area contributed by atoms with Crippen LogP contribution in [0.5, 0.6) is 0 Å². The van der Waals surface area contributed by atoms with E-state index in [4.69, 9.17) is 40.1 Å². The number of aldehydes is 1. The highest BCUT2D eigenvalue weighted by Gasteiger charge is 2.35. The molecule has 0 fully saturated rings. The number of aliphatic hydroxyl groups is 1. The molecule has 8 atom stereocenters. The van der Waals surface area contributed by atoms with E-state index in [1.807, 2.05) is 24.3 Å². The number of unbranched alkanes of at least 4 members (excludes halogenated alkanes) is 2. The first-order valence-corrected chi connectivity index (χ1v) is 21.6. The van der Waals surface area contributed by atoms with Gasteiger partial charge in [-0.3, -0.25) is 43.3 Å². The number of hydrogen-bond acceptors (Lipinski definition) is 14. The summed E-state index contributed by atoms with van der Waals surface area (Å²) in [6, 6.07) is -2.70. The van der Waals surface area contributed by atoms with Crippen molar-refractivity contribution in [3.8, 4) is 0 Å². The molecule has 0 aliphatic carbocycles. The van der Waals surface area contributed by atoms with Gasteiger partial charge in [0, 0.05) is 30.1 Å². The van der Waals surface area contributed by atoms with Gasteiger partial charge in [0.15, 0.2) is 5.96 Å². The monoisotopic (exact) mass is 930 g/mol. The smallest absolute Gasteiger partial charge is 0.245 e. The number of guanidine groups is 1. The Labute approximate surface area is 381 Å². The molecular formula is C41H67N15O10. The molecule has 0 aliphatic rings. The van der Waals surface area contributed by atoms with Crippen LogP contribution in [0.2, 0.25) is 0 Å². The zero-order valence-corrected chi connectivity index (χ0v) is 37.1. The van der Waals surface area contributed by atoms with Gasteiger partial charge in [-0.25, -0.2) is 0 Å². The normalized spacial score (nSPS) is 14.7. The number of nitrogens with one attached hydrogen (secondary N) is 7. The Balaban J connectivity index is 2.28. The molecule has 66 heavy (non-hydrogen) atoms. The third-order valence-corrected chi connectivity index (χ3v) is 10.2. The third-order valence-electron chi connectivity index (χ3n) is 10.2. The van der Waals surface area contributed by atoms with E-state index in [0.29, 0.717) is 32.0 Å². The van der Waals surface area contributed by atoms with Gasteiger partial charge in [0.25, 0.3) is 0 Å². The molecule has 8 amide bonds. The summed E-state index contributed by atoms with van der Waals surface area (Å²) in [6.07, 6.45) is 1.11. The van der Waals surface area contributed by atoms with Crippen LogP contribution in [0.15, 0.2) is 35.5 Å². The lowest BCUT2D eigenvalue weighted by Gasteiger charge is -2.28. The molecule has 2 aromatic rings. The molecule has 0 aliphatic heterocycles. The summed E-state index contributed by atoms with van der Waals surface area (Å²) in [4.78, 5) is 125. The van der Waals surface area contributed by atoms with Crippen molar-refractivity contribution in [2.45, 2.75) is 126 Å². The Kier molecular flexibility index (Phi) is 24.3. The number of amides is 8. The number of H-pyrrole nitrogens is 1. The van der Waals surface area contributed by atoms with E-state index in [0.717, 1.165) is 16.5 Å². The zero-order chi connectivity index (χ0) is 49.3. The number of fused-ring (bicyclic) bond motifs is 1. The van der Waals surface area contributed by atoms with Gasteiger partial charge in [-0.2, -0.15) is 0 Å². The van der Waals surface area contributed by atoms with Crippen LogP contribution in [0.25, 0.3) is 10.9 Å². The number of nitrogens with zero attached hydrogens (tertiary/aromatic N) is 1. The van der Waals surface area contributed by atoms with Gasteiger partial charge in [-0.15, -0.1) is 0 Å². The van der Waals surface area contributed by atoms with Crippen molar-refractivity contribution in [2.75, 3.05) is 19.6 Å². The van der Waals surface area contributed by atoms with Gasteiger partial charge >= 0.3 is 0 Å². The minimum atomic E-state index is -1.79. The summed E-state index contributed by atoms with van der Waals surface area (Å²) in [5.74, 6) is -8.04. The van der Waals surface area contributed by atoms with Crippen LogP contribution in [0.3, 0.4) is 0 Å². The predicted octanol–water partition coefficient (Wildman–Crippen LogP) is -5.41. The average molecular weight is 930 g/mol. The molecule has 25 heteroatoms. The van der Waals surface area contributed by atoms with Crippen molar-refractivity contribution in [3.05, 3.63) is 36.0 Å². The molecule has 1 heterocycles. The number of aromatic nitrogens is 1. The van der Waals surface area contributed by atoms with Crippen LogP contribution in [0.1, 0.15) is 76.7 Å². The first kappa shape index (κ1) is 55.4. The van der Waals surface area contributed by atoms with Crippen LogP contribution in [-0.2, 0) is 49.6 Å². The highest BCUT2D eigenvalue weighted by molar-refractivity contribution is 5.99. The Morgan fingerprint density at radius 1 is 0.667 bits per heavy atom. The van der Waals surface area contributed by atoms with Crippen molar-refractivity contribution < 1.29 is 48.3 Å². The highest BCUT2D eigenvalue weighted by atomic mass is 16.3. The average Bonchev–Trinajstić information content (AvgIpc) is 3.67. The Hall–Kier alpha value is -6.70. The molecule has 1 aromatic heterocycles. The number of carbonyl (C=O) groups excluding carboxylic acids is 9. The first-order valence-electron chi connectivity index (χ1n) is 21.6. The fourth-order valence-corrected chi connectivity index (χ4v) is 6.69. The maximum absolute atomic E-state index is 13.8. The van der Waals surface area contributed by atoms with Gasteiger partial charge in [0.2, 0.25) is 47.3 Å². The number of aromatic amines is 1. The second-order valence-corrected chi connectivity index (χ2v) is 15.8. The van der Waals surface area contributed by atoms with E-state index in [-0.39, 0.29) is 57.7 Å². The SMILES string of the molecule is C[C@@H](O)[C@H](NC(=O)[C@H](CCCCN)NC(=O)[C@H](CC(N)=O)NC(=O)[C@H](CC(N)=O)NC(=O)[C@H](CCCCN)NC(=O)[C@@H](N)CCCN=C(N)N)C(=O)N[C@H](C=O)Cc1c[nH]c2ccccc12. The predicted molar refractivity (Wildman–Crippen MR) is 243 cm³/mol. The van der Waals surface area contributed by atoms with Gasteiger partial charge in [-0.1, -0.05) is 18.2 Å². The van der Waals surface area contributed by atoms with Gasteiger partial charge in [0.1, 0.15) is 36.5 Å². The fourth-order valence-electron chi connectivity index (χ4n) is 6.69. The van der Waals surface area contributed by atoms with Crippen LogP contribution in [0, 0.1) is 0 Å². The van der Waals surface area contributed by atoms with Crippen molar-refractivity contribution in [1.29, 1.82) is 0 Å². The van der Waals surface area contributed by atoms with Crippen molar-refractivity contribution in [3.63, 3.8) is 0 Å². The van der Waals surface area contributed by atoms with Gasteiger partial charge in [0.05, 0.1) is 31.0 Å². The molecule has 0 saturated carbocycles. The molecule has 0 saturated heterocycles. The largest absolute Gasteiger partial charge is 0.391 e. The minimum Gasteiger partial charge on any atom is -0.391 e. The van der Waals surface area contributed by atoms with Crippen LogP contribution in [0.4, 0.5) is 0 Å². The first-order chi connectivity index (χ1) is 31.3. The molecule has 1 aromatic carbocycles. The van der Waals surface area contributed by atoms with E-state index in [2.05, 4.69) is 41.9 Å². The van der Waals surface area contributed by atoms with E-state index in [1.54, 1.807) is 6.20 Å². The lowest BCUT2D eigenvalue weighted by Crippen LogP contribution is -2.61. The quantitative estimate of drug-likeness (QED) is 0.0141. The van der Waals surface area contributed by atoms with E-state index in [9.17, 15) is 48.3 Å². The number of aliphatic imine (C=N–C) groups is 1. The number of aliphatic hydroxyl groups excluding tert-OH is 1. The van der Waals surface area contributed by atoms with Crippen molar-refractivity contribution in [2.24, 2.45) is 45.1 Å². The number of hydrogen-bond donors (Lipinski definition) is 15. The van der Waals surface area contributed by atoms with Crippen LogP contribution < -0.4 is 72.0 Å². The molecule has 0 spiro atoms. The Bertz CT molecular complexity index is 1990. The third kappa shape index (κ3) is 19.6. The molecule has 25 nitrogen and oxygen atoms in total. The maximum atomic E-state index is 13.8. The molecule has 2 rings (SSSR count). The lowest BCUT2D eigenvalue weighted by atomic mass is 10.0. The second kappa shape index (κ2) is 29.0. The maximum Gasteiger partial charge on any atom is 0.245 e. The van der Waals surface area contributed by atoms with Crippen LogP contribution in [-0.4, -0.2) is 138 Å². The number of benzene rings is 1. The number of carbonyl (C=O) groups is 9. The topological polar surface area (TPSA) is 456 Å². The number of primary amides is 2. The second-order valence-electron chi connectivity index (χ2n) is 15.8. The molecule has 0 radical (unpaired) electrons. The van der Waals surface area contributed by atoms with E-state index in [1.165, 1.54) is 6.92 Å². The summed E-state index contributed by atoms with van der Waals surface area (Å²) < 4.78 is 0. The molecular weight excluding hydrogens is 863 g/mol. The molecule has 0 unspecified atom stereocenters. The number of nitrogens with two attached hydrogens (primary N) is 7. The molecule has 22 N–H and O–H groups in total. The summed E-state index contributed by atoms with van der Waals surface area (Å²) in [5, 5.41) is 26.0. The van der Waals surface area contributed by atoms with Gasteiger partial charge < -0.3 is 86.9 Å². The fraction of sp³-hybridized carbons (Fsp3) is 0.561. The van der Waals surface area contributed by atoms with Crippen LogP contribution >= 0.6 is 0 Å². The number of rotatable bonds is 32. The summed E-state index contributed by atoms with van der Waals surface area (Å²) in [7, 11) is 0. The molecule has 366 valence electrons. The van der Waals surface area contributed by atoms with Crippen molar-refractivity contribution in [1.82, 2.24) is 36.9 Å². The molecule has 0 bridgehead atoms. The standard InChI is InChI=1S/C41H67N15O10/c1-22(58)34(40(66)51-24(21-57)17-23-20-50-27-11-3-2-9-25(23)27)56-37(63)29(13-5-7-15-43)53-38(64)30(18-32(45)59)55-39(65)31(19-33(46)60)54-36(62)28(12-4-6-14-42)52-35(61)26(44)10-8-16-49-41(47)48/h2-3,9,11,20-22,24,26,28-31,34,50,58H,4-8,10,12-19,42-44H2,1H3,(H2,45,59)(H2,46,60)(H,51,66)(H,52,61)(H,53,64)(H,54,62)(H,55,65)(H,56,63)(H4,47,48,49)/t22-,24+,26+,28+,29+,30+,31+,34+/m1/s1.